The van der Waals surface area contributed by atoms with E-state index in [-0.39, 0.29) is 13.2 Å². The molecule has 1 heterocycles. The van der Waals surface area contributed by atoms with Crippen LogP contribution in [0.15, 0.2) is 24.3 Å². The van der Waals surface area contributed by atoms with Gasteiger partial charge in [-0.05, 0) is 32.1 Å². The second kappa shape index (κ2) is 14.5. The second-order valence-corrected chi connectivity index (χ2v) is 7.00. The summed E-state index contributed by atoms with van der Waals surface area (Å²) in [5, 5.41) is 19.3. The van der Waals surface area contributed by atoms with Crippen molar-refractivity contribution in [2.75, 3.05) is 13.2 Å². The Bertz CT molecular complexity index is 357. The van der Waals surface area contributed by atoms with Crippen molar-refractivity contribution in [2.45, 2.75) is 96.1 Å². The predicted molar refractivity (Wildman–Crippen MR) is 102 cm³/mol. The average Bonchev–Trinajstić information content (AvgIpc) is 2.61. The van der Waals surface area contributed by atoms with Crippen molar-refractivity contribution in [1.29, 1.82) is 0 Å². The summed E-state index contributed by atoms with van der Waals surface area (Å²) in [6.07, 6.45) is 21.9. The highest BCUT2D eigenvalue weighted by atomic mass is 16.8. The Morgan fingerprint density at radius 3 is 1.96 bits per heavy atom. The highest BCUT2D eigenvalue weighted by Gasteiger charge is 2.34. The zero-order valence-corrected chi connectivity index (χ0v) is 16.0. The standard InChI is InChI=1S/C21H38O4/c1-2-3-4-5-6-7-8-9-10-11-12-13-14-15-16-17-21(23)24-18-20(22)19-25-21/h7-10,20,22-23H,2-6,11-19H2,1H3. The molecule has 1 saturated heterocycles. The molecule has 0 bridgehead atoms. The molecule has 0 aromatic rings. The highest BCUT2D eigenvalue weighted by Crippen LogP contribution is 2.23. The molecule has 0 atom stereocenters. The van der Waals surface area contributed by atoms with E-state index in [0.29, 0.717) is 6.42 Å². The van der Waals surface area contributed by atoms with Crippen molar-refractivity contribution in [2.24, 2.45) is 0 Å². The lowest BCUT2D eigenvalue weighted by molar-refractivity contribution is -0.397. The minimum atomic E-state index is -1.48. The summed E-state index contributed by atoms with van der Waals surface area (Å²) >= 11 is 0. The molecule has 0 radical (unpaired) electrons. The normalized spacial score (nSPS) is 24.5. The summed E-state index contributed by atoms with van der Waals surface area (Å²) in [7, 11) is 0. The van der Waals surface area contributed by atoms with Gasteiger partial charge in [-0.2, -0.15) is 0 Å². The fourth-order valence-corrected chi connectivity index (χ4v) is 2.87. The highest BCUT2D eigenvalue weighted by molar-refractivity contribution is 5.02. The fraction of sp³-hybridized carbons (Fsp3) is 0.810. The minimum absolute atomic E-state index is 0.149. The zero-order chi connectivity index (χ0) is 18.2. The van der Waals surface area contributed by atoms with E-state index >= 15 is 0 Å². The lowest BCUT2D eigenvalue weighted by Crippen LogP contribution is -2.46. The number of hydrogen-bond acceptors (Lipinski definition) is 4. The molecule has 0 unspecified atom stereocenters. The van der Waals surface area contributed by atoms with Crippen LogP contribution in [0.2, 0.25) is 0 Å². The lowest BCUT2D eigenvalue weighted by atomic mass is 10.1. The van der Waals surface area contributed by atoms with E-state index in [9.17, 15) is 10.2 Å². The van der Waals surface area contributed by atoms with E-state index in [1.165, 1.54) is 51.4 Å². The Hall–Kier alpha value is -0.680. The average molecular weight is 355 g/mol. The molecule has 146 valence electrons. The van der Waals surface area contributed by atoms with Crippen LogP contribution in [-0.4, -0.2) is 35.5 Å². The van der Waals surface area contributed by atoms with Crippen LogP contribution < -0.4 is 0 Å². The van der Waals surface area contributed by atoms with E-state index in [1.807, 2.05) is 0 Å². The molecule has 0 aliphatic carbocycles. The molecule has 4 heteroatoms. The molecule has 0 saturated carbocycles. The minimum Gasteiger partial charge on any atom is -0.388 e. The molecule has 1 aliphatic rings. The molecular formula is C21H38O4. The van der Waals surface area contributed by atoms with Crippen molar-refractivity contribution < 1.29 is 19.7 Å². The third-order valence-corrected chi connectivity index (χ3v) is 4.47. The molecule has 1 fully saturated rings. The van der Waals surface area contributed by atoms with Gasteiger partial charge in [0.25, 0.3) is 5.97 Å². The number of ether oxygens (including phenoxy) is 2. The lowest BCUT2D eigenvalue weighted by Gasteiger charge is -2.34. The molecule has 1 rings (SSSR count). The van der Waals surface area contributed by atoms with E-state index in [4.69, 9.17) is 9.47 Å². The predicted octanol–water partition coefficient (Wildman–Crippen LogP) is 4.85. The van der Waals surface area contributed by atoms with Crippen LogP contribution in [-0.2, 0) is 9.47 Å². The SMILES string of the molecule is CCCCCCC=CC=CCCCCCCCC1(O)OCC(O)CO1. The first-order valence-corrected chi connectivity index (χ1v) is 10.2. The Kier molecular flexibility index (Phi) is 13.0. The van der Waals surface area contributed by atoms with Gasteiger partial charge in [0, 0.05) is 6.42 Å². The van der Waals surface area contributed by atoms with Crippen molar-refractivity contribution in [3.8, 4) is 0 Å². The van der Waals surface area contributed by atoms with E-state index in [1.54, 1.807) is 0 Å². The number of unbranched alkanes of at least 4 members (excludes halogenated alkanes) is 9. The van der Waals surface area contributed by atoms with Gasteiger partial charge in [-0.3, -0.25) is 0 Å². The van der Waals surface area contributed by atoms with Crippen LogP contribution in [0, 0.1) is 0 Å². The number of allylic oxidation sites excluding steroid dienone is 4. The summed E-state index contributed by atoms with van der Waals surface area (Å²) in [4.78, 5) is 0. The van der Waals surface area contributed by atoms with Crippen molar-refractivity contribution in [3.05, 3.63) is 24.3 Å². The summed E-state index contributed by atoms with van der Waals surface area (Å²) in [5.74, 6) is -1.48. The third kappa shape index (κ3) is 12.3. The van der Waals surface area contributed by atoms with E-state index < -0.39 is 12.1 Å². The summed E-state index contributed by atoms with van der Waals surface area (Å²) < 4.78 is 10.3. The molecule has 0 amide bonds. The van der Waals surface area contributed by atoms with Crippen molar-refractivity contribution in [1.82, 2.24) is 0 Å². The number of aliphatic hydroxyl groups is 2. The Morgan fingerprint density at radius 2 is 1.36 bits per heavy atom. The molecule has 0 aromatic carbocycles. The van der Waals surface area contributed by atoms with Crippen LogP contribution >= 0.6 is 0 Å². The van der Waals surface area contributed by atoms with Gasteiger partial charge in [0.1, 0.15) is 6.10 Å². The number of aliphatic hydroxyl groups excluding tert-OH is 1. The van der Waals surface area contributed by atoms with Crippen molar-refractivity contribution >= 4 is 0 Å². The van der Waals surface area contributed by atoms with E-state index in [0.717, 1.165) is 19.3 Å². The van der Waals surface area contributed by atoms with Crippen LogP contribution in [0.25, 0.3) is 0 Å². The Labute approximate surface area is 153 Å². The topological polar surface area (TPSA) is 58.9 Å². The molecule has 4 nitrogen and oxygen atoms in total. The van der Waals surface area contributed by atoms with Crippen LogP contribution in [0.1, 0.15) is 84.0 Å². The quantitative estimate of drug-likeness (QED) is 0.346. The Balaban J connectivity index is 1.87. The fourth-order valence-electron chi connectivity index (χ4n) is 2.87. The van der Waals surface area contributed by atoms with Crippen LogP contribution in [0.5, 0.6) is 0 Å². The first-order valence-electron chi connectivity index (χ1n) is 10.2. The monoisotopic (exact) mass is 354 g/mol. The molecule has 0 aromatic heterocycles. The number of rotatable bonds is 14. The maximum Gasteiger partial charge on any atom is 0.280 e. The van der Waals surface area contributed by atoms with Gasteiger partial charge in [0.15, 0.2) is 0 Å². The van der Waals surface area contributed by atoms with E-state index in [2.05, 4.69) is 31.2 Å². The zero-order valence-electron chi connectivity index (χ0n) is 16.0. The first-order chi connectivity index (χ1) is 12.2. The van der Waals surface area contributed by atoms with Crippen molar-refractivity contribution in [3.63, 3.8) is 0 Å². The molecule has 1 aliphatic heterocycles. The molecule has 2 N–H and O–H groups in total. The molecule has 0 spiro atoms. The van der Waals surface area contributed by atoms with Gasteiger partial charge >= 0.3 is 0 Å². The van der Waals surface area contributed by atoms with Gasteiger partial charge in [-0.15, -0.1) is 0 Å². The maximum atomic E-state index is 10.0. The summed E-state index contributed by atoms with van der Waals surface area (Å²) in [5.41, 5.74) is 0. The molecular weight excluding hydrogens is 316 g/mol. The van der Waals surface area contributed by atoms with Crippen LogP contribution in [0.3, 0.4) is 0 Å². The Morgan fingerprint density at radius 1 is 0.840 bits per heavy atom. The van der Waals surface area contributed by atoms with Gasteiger partial charge in [-0.1, -0.05) is 69.8 Å². The summed E-state index contributed by atoms with van der Waals surface area (Å²) in [6.45, 7) is 2.54. The molecule has 25 heavy (non-hydrogen) atoms. The van der Waals surface area contributed by atoms with Gasteiger partial charge in [-0.25, -0.2) is 0 Å². The van der Waals surface area contributed by atoms with Gasteiger partial charge in [0.2, 0.25) is 0 Å². The summed E-state index contributed by atoms with van der Waals surface area (Å²) in [6, 6.07) is 0. The van der Waals surface area contributed by atoms with Gasteiger partial charge < -0.3 is 19.7 Å². The third-order valence-electron chi connectivity index (χ3n) is 4.47. The van der Waals surface area contributed by atoms with Crippen LogP contribution in [0.4, 0.5) is 0 Å². The van der Waals surface area contributed by atoms with Gasteiger partial charge in [0.05, 0.1) is 13.2 Å². The smallest absolute Gasteiger partial charge is 0.280 e. The first kappa shape index (κ1) is 22.4. The number of hydrogen-bond donors (Lipinski definition) is 2. The second-order valence-electron chi connectivity index (χ2n) is 7.00. The maximum absolute atomic E-state index is 10.0. The largest absolute Gasteiger partial charge is 0.388 e.